The molecule has 0 saturated carbocycles. The van der Waals surface area contributed by atoms with E-state index in [0.717, 1.165) is 28.2 Å². The summed E-state index contributed by atoms with van der Waals surface area (Å²) in [4.78, 5) is 12.1. The van der Waals surface area contributed by atoms with Crippen molar-refractivity contribution in [1.82, 2.24) is 9.99 Å². The molecule has 1 heterocycles. The molecule has 30 heavy (non-hydrogen) atoms. The van der Waals surface area contributed by atoms with Crippen LogP contribution in [-0.4, -0.2) is 22.4 Å². The molecule has 156 valence electrons. The van der Waals surface area contributed by atoms with Crippen molar-refractivity contribution in [2.75, 3.05) is 5.75 Å². The van der Waals surface area contributed by atoms with Gasteiger partial charge in [0.25, 0.3) is 0 Å². The first-order valence-corrected chi connectivity index (χ1v) is 11.4. The molecule has 0 aliphatic heterocycles. The van der Waals surface area contributed by atoms with Gasteiger partial charge in [-0.2, -0.15) is 5.10 Å². The third kappa shape index (κ3) is 5.48. The van der Waals surface area contributed by atoms with Gasteiger partial charge in [-0.15, -0.1) is 11.8 Å². The van der Waals surface area contributed by atoms with Crippen LogP contribution in [0.5, 0.6) is 0 Å². The van der Waals surface area contributed by atoms with Gasteiger partial charge < -0.3 is 4.57 Å². The first kappa shape index (κ1) is 22.5. The fourth-order valence-electron chi connectivity index (χ4n) is 3.13. The number of nitrogens with zero attached hydrogens (tertiary/aromatic N) is 2. The van der Waals surface area contributed by atoms with Crippen LogP contribution in [0.4, 0.5) is 0 Å². The molecule has 2 aromatic carbocycles. The van der Waals surface area contributed by atoms with Crippen molar-refractivity contribution in [1.29, 1.82) is 0 Å². The SMILES string of the molecule is Cc1ccc(-n2c(C)cc(/C=N\NC(=O)CSCc3c(Cl)cccc3Cl)c2C)cc1. The number of aromatic nitrogens is 1. The number of aryl methyl sites for hydroxylation is 2. The lowest BCUT2D eigenvalue weighted by Crippen LogP contribution is -2.19. The summed E-state index contributed by atoms with van der Waals surface area (Å²) in [6.45, 7) is 6.17. The Morgan fingerprint density at radius 1 is 1.10 bits per heavy atom. The zero-order valence-corrected chi connectivity index (χ0v) is 19.4. The van der Waals surface area contributed by atoms with E-state index in [4.69, 9.17) is 23.2 Å². The summed E-state index contributed by atoms with van der Waals surface area (Å²) < 4.78 is 2.17. The predicted octanol–water partition coefficient (Wildman–Crippen LogP) is 6.09. The van der Waals surface area contributed by atoms with Gasteiger partial charge in [-0.1, -0.05) is 47.0 Å². The number of carbonyl (C=O) groups excluding carboxylic acids is 1. The van der Waals surface area contributed by atoms with Gasteiger partial charge in [-0.05, 0) is 56.7 Å². The van der Waals surface area contributed by atoms with Gasteiger partial charge in [0.1, 0.15) is 0 Å². The number of thioether (sulfide) groups is 1. The summed E-state index contributed by atoms with van der Waals surface area (Å²) in [6, 6.07) is 15.8. The minimum absolute atomic E-state index is 0.174. The Morgan fingerprint density at radius 2 is 1.77 bits per heavy atom. The van der Waals surface area contributed by atoms with Crippen LogP contribution in [0.3, 0.4) is 0 Å². The second kappa shape index (κ2) is 10.2. The molecule has 0 fully saturated rings. The molecule has 1 N–H and O–H groups in total. The third-order valence-corrected chi connectivity index (χ3v) is 6.36. The number of amides is 1. The third-order valence-electron chi connectivity index (χ3n) is 4.70. The predicted molar refractivity (Wildman–Crippen MR) is 128 cm³/mol. The van der Waals surface area contributed by atoms with E-state index in [9.17, 15) is 4.79 Å². The van der Waals surface area contributed by atoms with E-state index in [2.05, 4.69) is 59.3 Å². The van der Waals surface area contributed by atoms with E-state index in [1.54, 1.807) is 24.4 Å². The molecule has 1 aromatic heterocycles. The zero-order valence-electron chi connectivity index (χ0n) is 17.1. The number of carbonyl (C=O) groups is 1. The first-order valence-electron chi connectivity index (χ1n) is 9.45. The molecule has 4 nitrogen and oxygen atoms in total. The first-order chi connectivity index (χ1) is 14.4. The molecule has 0 aliphatic rings. The van der Waals surface area contributed by atoms with Crippen molar-refractivity contribution >= 4 is 47.1 Å². The highest BCUT2D eigenvalue weighted by molar-refractivity contribution is 7.99. The Morgan fingerprint density at radius 3 is 2.43 bits per heavy atom. The van der Waals surface area contributed by atoms with Crippen molar-refractivity contribution in [2.24, 2.45) is 5.10 Å². The summed E-state index contributed by atoms with van der Waals surface area (Å²) in [5.74, 6) is 0.654. The highest BCUT2D eigenvalue weighted by Gasteiger charge is 2.10. The van der Waals surface area contributed by atoms with Crippen molar-refractivity contribution < 1.29 is 4.79 Å². The zero-order chi connectivity index (χ0) is 21.7. The lowest BCUT2D eigenvalue weighted by Gasteiger charge is -2.09. The molecule has 0 aliphatic carbocycles. The van der Waals surface area contributed by atoms with Gasteiger partial charge in [-0.25, -0.2) is 5.43 Å². The second-order valence-corrected chi connectivity index (χ2v) is 8.78. The summed E-state index contributed by atoms with van der Waals surface area (Å²) in [7, 11) is 0. The number of hydrogen-bond donors (Lipinski definition) is 1. The number of benzene rings is 2. The Labute approximate surface area is 191 Å². The van der Waals surface area contributed by atoms with Crippen LogP contribution in [0.25, 0.3) is 5.69 Å². The second-order valence-electron chi connectivity index (χ2n) is 6.98. The van der Waals surface area contributed by atoms with Gasteiger partial charge >= 0.3 is 0 Å². The molecule has 3 aromatic rings. The number of halogens is 2. The maximum absolute atomic E-state index is 12.1. The summed E-state index contributed by atoms with van der Waals surface area (Å²) in [5, 5.41) is 5.34. The number of hydrogen-bond acceptors (Lipinski definition) is 3. The van der Waals surface area contributed by atoms with Crippen LogP contribution < -0.4 is 5.43 Å². The van der Waals surface area contributed by atoms with Gasteiger partial charge in [0.15, 0.2) is 0 Å². The molecular weight excluding hydrogens is 437 g/mol. The van der Waals surface area contributed by atoms with Crippen LogP contribution in [0, 0.1) is 20.8 Å². The molecule has 1 amide bonds. The maximum atomic E-state index is 12.1. The Kier molecular flexibility index (Phi) is 7.64. The largest absolute Gasteiger partial charge is 0.318 e. The van der Waals surface area contributed by atoms with Crippen LogP contribution in [0.2, 0.25) is 10.0 Å². The van der Waals surface area contributed by atoms with E-state index < -0.39 is 0 Å². The smallest absolute Gasteiger partial charge is 0.250 e. The molecule has 0 unspecified atom stereocenters. The number of hydrazone groups is 1. The molecule has 0 saturated heterocycles. The average Bonchev–Trinajstić information content (AvgIpc) is 2.98. The molecule has 0 radical (unpaired) electrons. The molecule has 7 heteroatoms. The topological polar surface area (TPSA) is 46.4 Å². The van der Waals surface area contributed by atoms with Gasteiger partial charge in [-0.3, -0.25) is 4.79 Å². The van der Waals surface area contributed by atoms with Crippen LogP contribution in [0.15, 0.2) is 53.6 Å². The maximum Gasteiger partial charge on any atom is 0.250 e. The fourth-order valence-corrected chi connectivity index (χ4v) is 4.69. The average molecular weight is 460 g/mol. The monoisotopic (exact) mass is 459 g/mol. The van der Waals surface area contributed by atoms with E-state index in [1.165, 1.54) is 17.3 Å². The van der Waals surface area contributed by atoms with Crippen molar-refractivity contribution in [3.63, 3.8) is 0 Å². The number of nitrogens with one attached hydrogen (secondary N) is 1. The van der Waals surface area contributed by atoms with Crippen LogP contribution in [-0.2, 0) is 10.5 Å². The van der Waals surface area contributed by atoms with Gasteiger partial charge in [0.2, 0.25) is 5.91 Å². The van der Waals surface area contributed by atoms with E-state index in [-0.39, 0.29) is 11.7 Å². The lowest BCUT2D eigenvalue weighted by molar-refractivity contribution is -0.118. The highest BCUT2D eigenvalue weighted by Crippen LogP contribution is 2.28. The van der Waals surface area contributed by atoms with Gasteiger partial charge in [0, 0.05) is 38.4 Å². The van der Waals surface area contributed by atoms with E-state index in [1.807, 2.05) is 6.92 Å². The Balaban J connectivity index is 1.57. The minimum atomic E-state index is -0.174. The standard InChI is InChI=1S/C23H23Cl2N3OS/c1-15-7-9-19(10-8-15)28-16(2)11-18(17(28)3)12-26-27-23(29)14-30-13-20-21(24)5-4-6-22(20)25/h4-12H,13-14H2,1-3H3,(H,27,29)/b26-12-. The minimum Gasteiger partial charge on any atom is -0.318 e. The fraction of sp³-hybridized carbons (Fsp3) is 0.217. The van der Waals surface area contributed by atoms with Crippen molar-refractivity contribution in [3.8, 4) is 5.69 Å². The van der Waals surface area contributed by atoms with E-state index >= 15 is 0 Å². The quantitative estimate of drug-likeness (QED) is 0.343. The highest BCUT2D eigenvalue weighted by atomic mass is 35.5. The normalized spacial score (nSPS) is 11.2. The van der Waals surface area contributed by atoms with E-state index in [0.29, 0.717) is 15.8 Å². The summed E-state index contributed by atoms with van der Waals surface area (Å²) >= 11 is 13.7. The molecule has 3 rings (SSSR count). The van der Waals surface area contributed by atoms with Crippen molar-refractivity contribution in [2.45, 2.75) is 26.5 Å². The van der Waals surface area contributed by atoms with Gasteiger partial charge in [0.05, 0.1) is 12.0 Å². The van der Waals surface area contributed by atoms with Crippen molar-refractivity contribution in [3.05, 3.63) is 86.7 Å². The summed E-state index contributed by atoms with van der Waals surface area (Å²) in [6.07, 6.45) is 1.68. The molecule has 0 spiro atoms. The summed E-state index contributed by atoms with van der Waals surface area (Å²) in [5.41, 5.74) is 8.89. The Hall–Kier alpha value is -2.21. The molecule has 0 bridgehead atoms. The molecule has 0 atom stereocenters. The lowest BCUT2D eigenvalue weighted by atomic mass is 10.2. The Bertz CT molecular complexity index is 1050. The van der Waals surface area contributed by atoms with Crippen LogP contribution in [0.1, 0.15) is 28.1 Å². The number of rotatable bonds is 7. The van der Waals surface area contributed by atoms with Crippen LogP contribution >= 0.6 is 35.0 Å². The molecular formula is C23H23Cl2N3OS.